The van der Waals surface area contributed by atoms with Crippen LogP contribution in [0, 0.1) is 0 Å². The van der Waals surface area contributed by atoms with Crippen LogP contribution in [0.15, 0.2) is 30.3 Å². The lowest BCUT2D eigenvalue weighted by Crippen LogP contribution is -2.35. The number of hydrogen-bond acceptors (Lipinski definition) is 3. The lowest BCUT2D eigenvalue weighted by atomic mass is 9.77. The second kappa shape index (κ2) is 6.62. The van der Waals surface area contributed by atoms with Crippen LogP contribution < -0.4 is 9.47 Å². The summed E-state index contributed by atoms with van der Waals surface area (Å²) in [6.45, 7) is 9.42. The van der Waals surface area contributed by atoms with Gasteiger partial charge in [0.25, 0.3) is 0 Å². The molecule has 138 valence electrons. The summed E-state index contributed by atoms with van der Waals surface area (Å²) in [6, 6.07) is 11.5. The van der Waals surface area contributed by atoms with E-state index in [0.29, 0.717) is 6.04 Å². The van der Waals surface area contributed by atoms with E-state index in [1.54, 1.807) is 0 Å². The molecule has 0 spiro atoms. The van der Waals surface area contributed by atoms with Crippen molar-refractivity contribution in [1.29, 1.82) is 0 Å². The van der Waals surface area contributed by atoms with Gasteiger partial charge in [-0.1, -0.05) is 24.3 Å². The van der Waals surface area contributed by atoms with Gasteiger partial charge in [0, 0.05) is 18.2 Å². The van der Waals surface area contributed by atoms with E-state index in [1.165, 1.54) is 27.8 Å². The van der Waals surface area contributed by atoms with Gasteiger partial charge in [-0.3, -0.25) is 4.90 Å². The van der Waals surface area contributed by atoms with Crippen molar-refractivity contribution in [3.05, 3.63) is 47.0 Å². The van der Waals surface area contributed by atoms with Crippen LogP contribution in [0.4, 0.5) is 0 Å². The van der Waals surface area contributed by atoms with E-state index in [1.807, 2.05) is 0 Å². The third-order valence-corrected chi connectivity index (χ3v) is 5.40. The van der Waals surface area contributed by atoms with E-state index in [9.17, 15) is 0 Å². The van der Waals surface area contributed by atoms with Crippen LogP contribution in [0.3, 0.4) is 0 Å². The Balaban J connectivity index is 1.94. The molecule has 0 aromatic heterocycles. The molecule has 0 saturated carbocycles. The Morgan fingerprint density at radius 2 is 1.73 bits per heavy atom. The maximum absolute atomic E-state index is 6.32. The zero-order valence-electron chi connectivity index (χ0n) is 16.5. The molecule has 0 fully saturated rings. The Hall–Kier alpha value is -2.00. The van der Waals surface area contributed by atoms with Crippen molar-refractivity contribution < 1.29 is 9.47 Å². The molecule has 3 heteroatoms. The summed E-state index contributed by atoms with van der Waals surface area (Å²) in [4.78, 5) is 2.50. The first-order valence-electron chi connectivity index (χ1n) is 9.77. The molecule has 0 radical (unpaired) electrons. The van der Waals surface area contributed by atoms with Crippen LogP contribution in [0.25, 0.3) is 11.1 Å². The van der Waals surface area contributed by atoms with Crippen molar-refractivity contribution in [2.45, 2.75) is 58.8 Å². The minimum atomic E-state index is 0.107. The highest BCUT2D eigenvalue weighted by Gasteiger charge is 2.35. The molecule has 4 rings (SSSR count). The molecule has 2 aromatic rings. The van der Waals surface area contributed by atoms with Gasteiger partial charge in [0.2, 0.25) is 0 Å². The minimum Gasteiger partial charge on any atom is -0.487 e. The summed E-state index contributed by atoms with van der Waals surface area (Å²) in [7, 11) is 2.25. The number of likely N-dealkylation sites (N-methyl/N-ethyl adjacent to an activating group) is 1. The first-order chi connectivity index (χ1) is 12.5. The molecule has 0 N–H and O–H groups in total. The zero-order chi connectivity index (χ0) is 18.4. The predicted molar refractivity (Wildman–Crippen MR) is 106 cm³/mol. The largest absolute Gasteiger partial charge is 0.487 e. The fourth-order valence-corrected chi connectivity index (χ4v) is 4.35. The van der Waals surface area contributed by atoms with Crippen molar-refractivity contribution in [1.82, 2.24) is 4.90 Å². The van der Waals surface area contributed by atoms with Gasteiger partial charge in [-0.05, 0) is 75.9 Å². The molecule has 1 aliphatic carbocycles. The first-order valence-corrected chi connectivity index (χ1v) is 9.77. The Morgan fingerprint density at radius 3 is 2.46 bits per heavy atom. The maximum atomic E-state index is 6.32. The maximum Gasteiger partial charge on any atom is 0.169 e. The van der Waals surface area contributed by atoms with Gasteiger partial charge in [-0.2, -0.15) is 0 Å². The molecular formula is C23H29NO2. The topological polar surface area (TPSA) is 21.7 Å². The highest BCUT2D eigenvalue weighted by atomic mass is 16.5. The van der Waals surface area contributed by atoms with Gasteiger partial charge < -0.3 is 9.47 Å². The molecule has 0 bridgehead atoms. The first kappa shape index (κ1) is 17.4. The molecule has 2 aromatic carbocycles. The third-order valence-electron chi connectivity index (χ3n) is 5.40. The molecule has 0 unspecified atom stereocenters. The second-order valence-electron chi connectivity index (χ2n) is 8.09. The van der Waals surface area contributed by atoms with Crippen molar-refractivity contribution >= 4 is 0 Å². The van der Waals surface area contributed by atoms with Gasteiger partial charge in [0.1, 0.15) is 0 Å². The molecule has 1 atom stereocenters. The normalized spacial score (nSPS) is 18.7. The summed E-state index contributed by atoms with van der Waals surface area (Å²) >= 11 is 0. The Kier molecular flexibility index (Phi) is 4.44. The monoisotopic (exact) mass is 351 g/mol. The number of nitrogens with zero attached hydrogens (tertiary/aromatic N) is 1. The summed E-state index contributed by atoms with van der Waals surface area (Å²) < 4.78 is 12.4. The lowest BCUT2D eigenvalue weighted by molar-refractivity contribution is 0.198. The average molecular weight is 351 g/mol. The fourth-order valence-electron chi connectivity index (χ4n) is 4.35. The number of rotatable bonds is 4. The second-order valence-corrected chi connectivity index (χ2v) is 8.09. The number of benzene rings is 2. The third kappa shape index (κ3) is 2.88. The molecule has 2 aliphatic rings. The molecule has 0 amide bonds. The number of hydrogen-bond donors (Lipinski definition) is 0. The van der Waals surface area contributed by atoms with E-state index < -0.39 is 0 Å². The summed E-state index contributed by atoms with van der Waals surface area (Å²) in [6.07, 6.45) is 2.38. The zero-order valence-corrected chi connectivity index (χ0v) is 16.5. The van der Waals surface area contributed by atoms with Crippen LogP contribution in [0.5, 0.6) is 11.5 Å². The summed E-state index contributed by atoms with van der Waals surface area (Å²) in [5.41, 5.74) is 6.90. The Labute approximate surface area is 156 Å². The minimum absolute atomic E-state index is 0.107. The van der Waals surface area contributed by atoms with E-state index in [0.717, 1.165) is 30.9 Å². The average Bonchev–Trinajstić information content (AvgIpc) is 2.59. The van der Waals surface area contributed by atoms with Gasteiger partial charge in [-0.25, -0.2) is 0 Å². The molecule has 1 aliphatic heterocycles. The van der Waals surface area contributed by atoms with E-state index in [2.05, 4.69) is 70.0 Å². The van der Waals surface area contributed by atoms with E-state index in [-0.39, 0.29) is 12.2 Å². The van der Waals surface area contributed by atoms with Crippen molar-refractivity contribution in [3.8, 4) is 22.6 Å². The Morgan fingerprint density at radius 1 is 0.962 bits per heavy atom. The summed E-state index contributed by atoms with van der Waals surface area (Å²) in [5.74, 6) is 1.76. The van der Waals surface area contributed by atoms with Gasteiger partial charge in [0.05, 0.1) is 12.2 Å². The molecule has 1 heterocycles. The summed E-state index contributed by atoms with van der Waals surface area (Å²) in [5, 5.41) is 0. The Bertz CT molecular complexity index is 825. The van der Waals surface area contributed by atoms with Crippen molar-refractivity contribution in [3.63, 3.8) is 0 Å². The molecule has 0 saturated heterocycles. The lowest BCUT2D eigenvalue weighted by Gasteiger charge is -2.40. The SMILES string of the molecule is CC(C)Oc1ccc2c(c1OC(C)C)-c1cccc3c1[C@@H](C2)N(C)CC3. The van der Waals surface area contributed by atoms with Crippen LogP contribution in [0.1, 0.15) is 50.4 Å². The standard InChI is InChI=1S/C23H29NO2/c1-14(2)25-20-10-9-17-13-19-21-16(11-12-24(19)5)7-6-8-18(21)22(17)23(20)26-15(3)4/h6-10,14-15,19H,11-13H2,1-5H3/t19-/m1/s1. The van der Waals surface area contributed by atoms with Gasteiger partial charge >= 0.3 is 0 Å². The fraction of sp³-hybridized carbons (Fsp3) is 0.478. The molecule has 3 nitrogen and oxygen atoms in total. The van der Waals surface area contributed by atoms with Crippen LogP contribution in [-0.4, -0.2) is 30.7 Å². The molecular weight excluding hydrogens is 322 g/mol. The van der Waals surface area contributed by atoms with Crippen LogP contribution >= 0.6 is 0 Å². The van der Waals surface area contributed by atoms with Crippen LogP contribution in [0.2, 0.25) is 0 Å². The highest BCUT2D eigenvalue weighted by molar-refractivity contribution is 5.82. The van der Waals surface area contributed by atoms with E-state index >= 15 is 0 Å². The number of fused-ring (bicyclic) bond motifs is 2. The molecule has 26 heavy (non-hydrogen) atoms. The number of ether oxygens (including phenoxy) is 2. The van der Waals surface area contributed by atoms with Gasteiger partial charge in [0.15, 0.2) is 11.5 Å². The quantitative estimate of drug-likeness (QED) is 0.772. The highest BCUT2D eigenvalue weighted by Crippen LogP contribution is 2.51. The van der Waals surface area contributed by atoms with Gasteiger partial charge in [-0.15, -0.1) is 0 Å². The van der Waals surface area contributed by atoms with Crippen LogP contribution in [-0.2, 0) is 12.8 Å². The van der Waals surface area contributed by atoms with E-state index in [4.69, 9.17) is 9.47 Å². The predicted octanol–water partition coefficient (Wildman–Crippen LogP) is 5.01. The van der Waals surface area contributed by atoms with Crippen molar-refractivity contribution in [2.24, 2.45) is 0 Å². The van der Waals surface area contributed by atoms with Crippen molar-refractivity contribution in [2.75, 3.05) is 13.6 Å². The smallest absolute Gasteiger partial charge is 0.169 e.